The first-order valence-electron chi connectivity index (χ1n) is 7.32. The molecular formula is C16H21NO2S. The van der Waals surface area contributed by atoms with E-state index in [1.807, 2.05) is 35.4 Å². The van der Waals surface area contributed by atoms with Gasteiger partial charge in [-0.1, -0.05) is 12.1 Å². The normalized spacial score (nSPS) is 22.2. The average Bonchev–Trinajstić information content (AvgIpc) is 3.21. The Morgan fingerprint density at radius 1 is 1.35 bits per heavy atom. The second-order valence-electron chi connectivity index (χ2n) is 5.64. The van der Waals surface area contributed by atoms with E-state index in [-0.39, 0.29) is 12.0 Å². The number of amides is 1. The first kappa shape index (κ1) is 14.0. The number of hydrogen-bond acceptors (Lipinski definition) is 3. The van der Waals surface area contributed by atoms with Gasteiger partial charge in [-0.05, 0) is 43.6 Å². The molecule has 1 aromatic rings. The summed E-state index contributed by atoms with van der Waals surface area (Å²) in [5, 5.41) is 0. The second kappa shape index (κ2) is 6.19. The van der Waals surface area contributed by atoms with E-state index >= 15 is 0 Å². The summed E-state index contributed by atoms with van der Waals surface area (Å²) in [5.74, 6) is 0.935. The summed E-state index contributed by atoms with van der Waals surface area (Å²) < 4.78 is 5.90. The van der Waals surface area contributed by atoms with E-state index in [9.17, 15) is 4.79 Å². The van der Waals surface area contributed by atoms with Crippen molar-refractivity contribution < 1.29 is 9.53 Å². The molecule has 4 heteroatoms. The summed E-state index contributed by atoms with van der Waals surface area (Å²) in [6.07, 6.45) is 5.85. The van der Waals surface area contributed by atoms with Gasteiger partial charge in [0.25, 0.3) is 5.91 Å². The van der Waals surface area contributed by atoms with E-state index in [4.69, 9.17) is 4.74 Å². The topological polar surface area (TPSA) is 29.5 Å². The number of carbonyl (C=O) groups excluding carboxylic acids is 1. The molecule has 1 atom stereocenters. The second-order valence-corrected chi connectivity index (χ2v) is 6.49. The fourth-order valence-corrected chi connectivity index (χ4v) is 3.19. The van der Waals surface area contributed by atoms with Crippen molar-refractivity contribution in [3.8, 4) is 0 Å². The van der Waals surface area contributed by atoms with Gasteiger partial charge in [-0.25, -0.2) is 0 Å². The lowest BCUT2D eigenvalue weighted by atomic mass is 10.2. The predicted molar refractivity (Wildman–Crippen MR) is 81.2 cm³/mol. The summed E-state index contributed by atoms with van der Waals surface area (Å²) in [6.45, 7) is 2.44. The van der Waals surface area contributed by atoms with Crippen LogP contribution in [0.15, 0.2) is 29.2 Å². The number of carbonyl (C=O) groups is 1. The molecule has 1 aliphatic heterocycles. The molecule has 1 saturated carbocycles. The molecule has 1 amide bonds. The van der Waals surface area contributed by atoms with Crippen LogP contribution in [0.2, 0.25) is 0 Å². The van der Waals surface area contributed by atoms with Crippen molar-refractivity contribution in [2.24, 2.45) is 5.92 Å². The molecule has 3 nitrogen and oxygen atoms in total. The molecule has 0 bridgehead atoms. The molecule has 1 unspecified atom stereocenters. The largest absolute Gasteiger partial charge is 0.376 e. The third-order valence-electron chi connectivity index (χ3n) is 4.03. The summed E-state index contributed by atoms with van der Waals surface area (Å²) >= 11 is 1.63. The van der Waals surface area contributed by atoms with Crippen LogP contribution in [0.5, 0.6) is 0 Å². The first-order valence-corrected chi connectivity index (χ1v) is 8.54. The zero-order valence-electron chi connectivity index (χ0n) is 11.9. The lowest BCUT2D eigenvalue weighted by Gasteiger charge is -2.18. The maximum Gasteiger partial charge on any atom is 0.255 e. The smallest absolute Gasteiger partial charge is 0.255 e. The minimum atomic E-state index is 0.146. The number of rotatable bonds is 5. The molecule has 0 radical (unpaired) electrons. The van der Waals surface area contributed by atoms with Crippen molar-refractivity contribution in [3.63, 3.8) is 0 Å². The maximum absolute atomic E-state index is 12.6. The molecule has 1 heterocycles. The Hall–Kier alpha value is -1.00. The van der Waals surface area contributed by atoms with Gasteiger partial charge in [-0.3, -0.25) is 4.79 Å². The highest BCUT2D eigenvalue weighted by Crippen LogP contribution is 2.30. The Morgan fingerprint density at radius 2 is 2.15 bits per heavy atom. The summed E-state index contributed by atoms with van der Waals surface area (Å²) in [4.78, 5) is 15.6. The monoisotopic (exact) mass is 291 g/mol. The van der Waals surface area contributed by atoms with Gasteiger partial charge in [0.15, 0.2) is 0 Å². The van der Waals surface area contributed by atoms with Gasteiger partial charge in [0.1, 0.15) is 0 Å². The van der Waals surface area contributed by atoms with Crippen molar-refractivity contribution in [1.82, 2.24) is 4.90 Å². The average molecular weight is 291 g/mol. The number of hydrogen-bond donors (Lipinski definition) is 0. The van der Waals surface area contributed by atoms with Crippen LogP contribution in [0.4, 0.5) is 0 Å². The van der Waals surface area contributed by atoms with Crippen molar-refractivity contribution in [2.45, 2.75) is 30.3 Å². The third kappa shape index (κ3) is 3.18. The fourth-order valence-electron chi connectivity index (χ4n) is 2.60. The summed E-state index contributed by atoms with van der Waals surface area (Å²) in [6, 6.07) is 7.85. The van der Waals surface area contributed by atoms with Crippen molar-refractivity contribution in [1.29, 1.82) is 0 Å². The zero-order valence-corrected chi connectivity index (χ0v) is 12.7. The highest BCUT2D eigenvalue weighted by molar-refractivity contribution is 7.98. The van der Waals surface area contributed by atoms with E-state index in [0.717, 1.165) is 42.5 Å². The number of likely N-dealkylation sites (tertiary alicyclic amines) is 1. The van der Waals surface area contributed by atoms with Crippen LogP contribution >= 0.6 is 11.8 Å². The van der Waals surface area contributed by atoms with Crippen LogP contribution in [-0.2, 0) is 4.74 Å². The molecule has 2 fully saturated rings. The van der Waals surface area contributed by atoms with Crippen LogP contribution in [0.3, 0.4) is 0 Å². The highest BCUT2D eigenvalue weighted by atomic mass is 32.2. The molecule has 108 valence electrons. The van der Waals surface area contributed by atoms with E-state index < -0.39 is 0 Å². The van der Waals surface area contributed by atoms with Gasteiger partial charge in [0.05, 0.1) is 11.7 Å². The molecule has 1 saturated heterocycles. The van der Waals surface area contributed by atoms with E-state index in [1.165, 1.54) is 12.8 Å². The summed E-state index contributed by atoms with van der Waals surface area (Å²) in [5.41, 5.74) is 0.822. The van der Waals surface area contributed by atoms with Gasteiger partial charge in [0.2, 0.25) is 0 Å². The number of thioether (sulfide) groups is 1. The molecule has 0 spiro atoms. The Balaban J connectivity index is 1.59. The standard InChI is InChI=1S/C16H21NO2S/c1-20-15-5-3-2-4-14(15)16(18)17-9-8-13(10-17)19-11-12-6-7-12/h2-5,12-13H,6-11H2,1H3. The lowest BCUT2D eigenvalue weighted by molar-refractivity contribution is 0.0479. The predicted octanol–water partition coefficient (Wildman–Crippen LogP) is 3.05. The molecule has 0 N–H and O–H groups in total. The van der Waals surface area contributed by atoms with Crippen molar-refractivity contribution >= 4 is 17.7 Å². The van der Waals surface area contributed by atoms with E-state index in [2.05, 4.69) is 0 Å². The Kier molecular flexibility index (Phi) is 4.32. The molecule has 2 aliphatic rings. The first-order chi connectivity index (χ1) is 9.78. The molecular weight excluding hydrogens is 270 g/mol. The van der Waals surface area contributed by atoms with Crippen LogP contribution < -0.4 is 0 Å². The van der Waals surface area contributed by atoms with Gasteiger partial charge in [0, 0.05) is 24.6 Å². The van der Waals surface area contributed by atoms with Gasteiger partial charge in [-0.15, -0.1) is 11.8 Å². The van der Waals surface area contributed by atoms with Crippen LogP contribution in [0.1, 0.15) is 29.6 Å². The molecule has 20 heavy (non-hydrogen) atoms. The molecule has 1 aromatic carbocycles. The van der Waals surface area contributed by atoms with E-state index in [0.29, 0.717) is 0 Å². The fraction of sp³-hybridized carbons (Fsp3) is 0.562. The van der Waals surface area contributed by atoms with Crippen molar-refractivity contribution in [3.05, 3.63) is 29.8 Å². The number of ether oxygens (including phenoxy) is 1. The third-order valence-corrected chi connectivity index (χ3v) is 4.83. The molecule has 0 aromatic heterocycles. The Bertz CT molecular complexity index is 487. The SMILES string of the molecule is CSc1ccccc1C(=O)N1CCC(OCC2CC2)C1. The highest BCUT2D eigenvalue weighted by Gasteiger charge is 2.30. The van der Waals surface area contributed by atoms with Gasteiger partial charge >= 0.3 is 0 Å². The number of benzene rings is 1. The minimum absolute atomic E-state index is 0.146. The maximum atomic E-state index is 12.6. The van der Waals surface area contributed by atoms with Gasteiger partial charge < -0.3 is 9.64 Å². The Morgan fingerprint density at radius 3 is 2.90 bits per heavy atom. The number of nitrogens with zero attached hydrogens (tertiary/aromatic N) is 1. The zero-order chi connectivity index (χ0) is 13.9. The quantitative estimate of drug-likeness (QED) is 0.781. The van der Waals surface area contributed by atoms with Crippen molar-refractivity contribution in [2.75, 3.05) is 26.0 Å². The Labute approximate surface area is 124 Å². The van der Waals surface area contributed by atoms with Crippen LogP contribution in [0, 0.1) is 5.92 Å². The minimum Gasteiger partial charge on any atom is -0.376 e. The molecule has 3 rings (SSSR count). The lowest BCUT2D eigenvalue weighted by Crippen LogP contribution is -2.30. The summed E-state index contributed by atoms with van der Waals surface area (Å²) in [7, 11) is 0. The van der Waals surface area contributed by atoms with Crippen LogP contribution in [0.25, 0.3) is 0 Å². The van der Waals surface area contributed by atoms with Crippen LogP contribution in [-0.4, -0.2) is 42.9 Å². The van der Waals surface area contributed by atoms with Gasteiger partial charge in [-0.2, -0.15) is 0 Å². The van der Waals surface area contributed by atoms with E-state index in [1.54, 1.807) is 11.8 Å². The molecule has 1 aliphatic carbocycles.